The minimum atomic E-state index is -4.40. The molecule has 1 aromatic rings. The third-order valence-corrected chi connectivity index (χ3v) is 3.23. The van der Waals surface area contributed by atoms with Crippen LogP contribution in [0.5, 0.6) is 0 Å². The van der Waals surface area contributed by atoms with Crippen molar-refractivity contribution in [2.45, 2.75) is 12.6 Å². The molecule has 0 aromatic carbocycles. The van der Waals surface area contributed by atoms with E-state index >= 15 is 0 Å². The Labute approximate surface area is 109 Å². The Hall–Kier alpha value is -1.50. The minimum Gasteiger partial charge on any atom is -0.384 e. The molecule has 4 nitrogen and oxygen atoms in total. The Morgan fingerprint density at radius 2 is 2.21 bits per heavy atom. The van der Waals surface area contributed by atoms with Crippen LogP contribution in [-0.4, -0.2) is 36.6 Å². The van der Waals surface area contributed by atoms with E-state index < -0.39 is 11.7 Å². The topological polar surface area (TPSA) is 54.2 Å². The van der Waals surface area contributed by atoms with Gasteiger partial charge in [-0.3, -0.25) is 0 Å². The Morgan fingerprint density at radius 3 is 2.79 bits per heavy atom. The lowest BCUT2D eigenvalue weighted by Crippen LogP contribution is -2.20. The second-order valence-corrected chi connectivity index (χ2v) is 4.96. The molecule has 7 heteroatoms. The second-order valence-electron chi connectivity index (χ2n) is 4.96. The summed E-state index contributed by atoms with van der Waals surface area (Å²) < 4.78 is 37.9. The molecule has 0 spiro atoms. The first kappa shape index (κ1) is 13.9. The van der Waals surface area contributed by atoms with Crippen molar-refractivity contribution in [3.8, 4) is 0 Å². The summed E-state index contributed by atoms with van der Waals surface area (Å²) >= 11 is 0. The van der Waals surface area contributed by atoms with Crippen LogP contribution in [0, 0.1) is 5.92 Å². The summed E-state index contributed by atoms with van der Waals surface area (Å²) in [6.45, 7) is 2.57. The van der Waals surface area contributed by atoms with Gasteiger partial charge in [0.25, 0.3) is 0 Å². The highest BCUT2D eigenvalue weighted by Gasteiger charge is 2.31. The average molecular weight is 274 g/mol. The van der Waals surface area contributed by atoms with Crippen molar-refractivity contribution in [3.05, 3.63) is 17.7 Å². The molecule has 106 valence electrons. The van der Waals surface area contributed by atoms with Crippen molar-refractivity contribution in [2.24, 2.45) is 5.92 Å². The normalized spacial score (nSPS) is 20.7. The average Bonchev–Trinajstić information content (AvgIpc) is 2.71. The molecule has 0 saturated carbocycles. The summed E-state index contributed by atoms with van der Waals surface area (Å²) in [6, 6.07) is 1.84. The van der Waals surface area contributed by atoms with E-state index in [-0.39, 0.29) is 11.6 Å². The van der Waals surface area contributed by atoms with E-state index in [0.29, 0.717) is 12.5 Å². The SMILES string of the molecule is CN1CCC(CNc2cc(C(F)(F)F)cc(N)n2)C1. The second kappa shape index (κ2) is 5.24. The fraction of sp³-hybridized carbons (Fsp3) is 0.583. The van der Waals surface area contributed by atoms with Crippen LogP contribution in [0.4, 0.5) is 24.8 Å². The molecule has 0 amide bonds. The lowest BCUT2D eigenvalue weighted by atomic mass is 10.1. The zero-order chi connectivity index (χ0) is 14.0. The van der Waals surface area contributed by atoms with Crippen LogP contribution in [0.2, 0.25) is 0 Å². The third-order valence-electron chi connectivity index (χ3n) is 3.23. The smallest absolute Gasteiger partial charge is 0.384 e. The van der Waals surface area contributed by atoms with Crippen molar-refractivity contribution in [2.75, 3.05) is 37.7 Å². The summed E-state index contributed by atoms with van der Waals surface area (Å²) in [5.74, 6) is 0.491. The number of anilines is 2. The van der Waals surface area contributed by atoms with Crippen LogP contribution in [0.15, 0.2) is 12.1 Å². The zero-order valence-corrected chi connectivity index (χ0v) is 10.7. The number of likely N-dealkylation sites (tertiary alicyclic amines) is 1. The van der Waals surface area contributed by atoms with E-state index in [2.05, 4.69) is 15.2 Å². The molecule has 1 aliphatic rings. The van der Waals surface area contributed by atoms with Crippen LogP contribution in [0.25, 0.3) is 0 Å². The standard InChI is InChI=1S/C12H17F3N4/c1-19-3-2-8(7-19)6-17-11-5-9(12(13,14)15)4-10(16)18-11/h4-5,8H,2-3,6-7H2,1H3,(H3,16,17,18). The number of rotatable bonds is 3. The summed E-state index contributed by atoms with van der Waals surface area (Å²) in [5.41, 5.74) is 4.63. The molecular formula is C12H17F3N4. The van der Waals surface area contributed by atoms with E-state index in [1.165, 1.54) is 0 Å². The number of hydrogen-bond acceptors (Lipinski definition) is 4. The van der Waals surface area contributed by atoms with Gasteiger partial charge in [-0.25, -0.2) is 4.98 Å². The van der Waals surface area contributed by atoms with Gasteiger partial charge in [0.2, 0.25) is 0 Å². The van der Waals surface area contributed by atoms with Crippen molar-refractivity contribution in [1.29, 1.82) is 0 Å². The summed E-state index contributed by atoms with van der Waals surface area (Å²) in [7, 11) is 2.03. The van der Waals surface area contributed by atoms with Gasteiger partial charge in [-0.2, -0.15) is 13.2 Å². The van der Waals surface area contributed by atoms with Gasteiger partial charge in [-0.1, -0.05) is 0 Å². The van der Waals surface area contributed by atoms with Gasteiger partial charge in [0, 0.05) is 13.1 Å². The van der Waals surface area contributed by atoms with Gasteiger partial charge in [0.1, 0.15) is 11.6 Å². The first-order valence-corrected chi connectivity index (χ1v) is 6.12. The summed E-state index contributed by atoms with van der Waals surface area (Å²) in [5, 5.41) is 2.94. The predicted molar refractivity (Wildman–Crippen MR) is 67.7 cm³/mol. The van der Waals surface area contributed by atoms with Gasteiger partial charge in [0.05, 0.1) is 5.56 Å². The molecule has 2 rings (SSSR count). The van der Waals surface area contributed by atoms with Crippen LogP contribution < -0.4 is 11.1 Å². The molecule has 3 N–H and O–H groups in total. The number of alkyl halides is 3. The van der Waals surface area contributed by atoms with Crippen LogP contribution in [0.3, 0.4) is 0 Å². The van der Waals surface area contributed by atoms with E-state index in [1.807, 2.05) is 7.05 Å². The number of nitrogens with one attached hydrogen (secondary N) is 1. The Bertz CT molecular complexity index is 447. The van der Waals surface area contributed by atoms with Crippen molar-refractivity contribution >= 4 is 11.6 Å². The summed E-state index contributed by atoms with van der Waals surface area (Å²) in [4.78, 5) is 6.08. The molecule has 0 radical (unpaired) electrons. The van der Waals surface area contributed by atoms with Gasteiger partial charge >= 0.3 is 6.18 Å². The molecule has 19 heavy (non-hydrogen) atoms. The minimum absolute atomic E-state index is 0.124. The van der Waals surface area contributed by atoms with Gasteiger partial charge in [0.15, 0.2) is 0 Å². The van der Waals surface area contributed by atoms with E-state index in [1.54, 1.807) is 0 Å². The number of nitrogens with zero attached hydrogens (tertiary/aromatic N) is 2. The number of aromatic nitrogens is 1. The number of pyridine rings is 1. The molecule has 1 atom stereocenters. The lowest BCUT2D eigenvalue weighted by molar-refractivity contribution is -0.137. The third kappa shape index (κ3) is 3.73. The maximum absolute atomic E-state index is 12.6. The van der Waals surface area contributed by atoms with Crippen LogP contribution in [0.1, 0.15) is 12.0 Å². The van der Waals surface area contributed by atoms with Gasteiger partial charge in [-0.15, -0.1) is 0 Å². The fourth-order valence-corrected chi connectivity index (χ4v) is 2.25. The quantitative estimate of drug-likeness (QED) is 0.885. The molecule has 2 heterocycles. The van der Waals surface area contributed by atoms with Gasteiger partial charge < -0.3 is 16.0 Å². The lowest BCUT2D eigenvalue weighted by Gasteiger charge is -2.14. The molecule has 1 aromatic heterocycles. The largest absolute Gasteiger partial charge is 0.416 e. The highest BCUT2D eigenvalue weighted by atomic mass is 19.4. The fourth-order valence-electron chi connectivity index (χ4n) is 2.25. The van der Waals surface area contributed by atoms with E-state index in [4.69, 9.17) is 5.73 Å². The summed E-state index contributed by atoms with van der Waals surface area (Å²) in [6.07, 6.45) is -3.36. The van der Waals surface area contributed by atoms with Crippen LogP contribution >= 0.6 is 0 Å². The Morgan fingerprint density at radius 1 is 1.47 bits per heavy atom. The number of hydrogen-bond donors (Lipinski definition) is 2. The number of nitrogen functional groups attached to an aromatic ring is 1. The molecular weight excluding hydrogens is 257 g/mol. The highest BCUT2D eigenvalue weighted by Crippen LogP contribution is 2.31. The molecule has 1 aliphatic heterocycles. The van der Waals surface area contributed by atoms with Crippen molar-refractivity contribution < 1.29 is 13.2 Å². The zero-order valence-electron chi connectivity index (χ0n) is 10.7. The number of nitrogens with two attached hydrogens (primary N) is 1. The molecule has 0 bridgehead atoms. The maximum Gasteiger partial charge on any atom is 0.416 e. The van der Waals surface area contributed by atoms with Crippen LogP contribution in [-0.2, 0) is 6.18 Å². The highest BCUT2D eigenvalue weighted by molar-refractivity contribution is 5.47. The first-order chi connectivity index (χ1) is 8.84. The van der Waals surface area contributed by atoms with E-state index in [9.17, 15) is 13.2 Å². The molecule has 0 aliphatic carbocycles. The predicted octanol–water partition coefficient (Wildman–Crippen LogP) is 2.05. The van der Waals surface area contributed by atoms with E-state index in [0.717, 1.165) is 31.6 Å². The van der Waals surface area contributed by atoms with Crippen molar-refractivity contribution in [3.63, 3.8) is 0 Å². The monoisotopic (exact) mass is 274 g/mol. The van der Waals surface area contributed by atoms with Gasteiger partial charge in [-0.05, 0) is 38.1 Å². The maximum atomic E-state index is 12.6. The number of halogens is 3. The Balaban J connectivity index is 2.02. The molecule has 1 saturated heterocycles. The van der Waals surface area contributed by atoms with Crippen molar-refractivity contribution in [1.82, 2.24) is 9.88 Å². The first-order valence-electron chi connectivity index (χ1n) is 6.12. The Kier molecular flexibility index (Phi) is 3.84. The molecule has 1 fully saturated rings. The molecule has 1 unspecified atom stereocenters.